The van der Waals surface area contributed by atoms with Crippen LogP contribution in [0.3, 0.4) is 0 Å². The molecule has 4 nitrogen and oxygen atoms in total. The summed E-state index contributed by atoms with van der Waals surface area (Å²) in [4.78, 5) is 38.6. The Morgan fingerprint density at radius 3 is 2.37 bits per heavy atom. The molecule has 0 radical (unpaired) electrons. The zero-order chi connectivity index (χ0) is 19.4. The molecule has 0 N–H and O–H groups in total. The van der Waals surface area contributed by atoms with Crippen molar-refractivity contribution in [2.75, 3.05) is 6.61 Å². The number of carbonyl (C=O) groups is 3. The fraction of sp³-hybridized carbons (Fsp3) is 0.348. The van der Waals surface area contributed by atoms with Crippen LogP contribution in [0.15, 0.2) is 54.6 Å². The van der Waals surface area contributed by atoms with Gasteiger partial charge in [0.25, 0.3) is 0 Å². The SMILES string of the molecule is CC(C)COC(=O)C1(CCC(=O)c2ccccc2)Cc2ccccc2C1=O. The molecule has 0 aromatic heterocycles. The van der Waals surface area contributed by atoms with E-state index in [-0.39, 0.29) is 36.9 Å². The number of esters is 1. The highest BCUT2D eigenvalue weighted by Crippen LogP contribution is 2.42. The number of ketones is 2. The topological polar surface area (TPSA) is 60.4 Å². The first-order valence-corrected chi connectivity index (χ1v) is 9.32. The maximum Gasteiger partial charge on any atom is 0.320 e. The van der Waals surface area contributed by atoms with Crippen molar-refractivity contribution in [3.63, 3.8) is 0 Å². The van der Waals surface area contributed by atoms with Gasteiger partial charge in [-0.05, 0) is 24.3 Å². The number of hydrogen-bond donors (Lipinski definition) is 0. The van der Waals surface area contributed by atoms with E-state index in [0.717, 1.165) is 5.56 Å². The van der Waals surface area contributed by atoms with E-state index in [1.54, 1.807) is 36.4 Å². The van der Waals surface area contributed by atoms with Gasteiger partial charge in [-0.25, -0.2) is 0 Å². The van der Waals surface area contributed by atoms with Crippen molar-refractivity contribution in [2.24, 2.45) is 11.3 Å². The molecule has 0 fully saturated rings. The predicted molar refractivity (Wildman–Crippen MR) is 103 cm³/mol. The molecule has 1 atom stereocenters. The lowest BCUT2D eigenvalue weighted by atomic mass is 9.78. The van der Waals surface area contributed by atoms with Crippen LogP contribution in [-0.4, -0.2) is 24.1 Å². The first-order valence-electron chi connectivity index (χ1n) is 9.32. The summed E-state index contributed by atoms with van der Waals surface area (Å²) in [7, 11) is 0. The summed E-state index contributed by atoms with van der Waals surface area (Å²) in [6.07, 6.45) is 0.576. The fourth-order valence-corrected chi connectivity index (χ4v) is 3.50. The zero-order valence-electron chi connectivity index (χ0n) is 15.7. The van der Waals surface area contributed by atoms with Crippen LogP contribution in [0.25, 0.3) is 0 Å². The summed E-state index contributed by atoms with van der Waals surface area (Å²) >= 11 is 0. The summed E-state index contributed by atoms with van der Waals surface area (Å²) < 4.78 is 5.46. The lowest BCUT2D eigenvalue weighted by Gasteiger charge is -2.25. The minimum atomic E-state index is -1.30. The second-order valence-electron chi connectivity index (χ2n) is 7.53. The van der Waals surface area contributed by atoms with Crippen molar-refractivity contribution < 1.29 is 19.1 Å². The van der Waals surface area contributed by atoms with Gasteiger partial charge in [-0.1, -0.05) is 68.4 Å². The van der Waals surface area contributed by atoms with Crippen LogP contribution < -0.4 is 0 Å². The molecule has 4 heteroatoms. The second-order valence-corrected chi connectivity index (χ2v) is 7.53. The molecule has 27 heavy (non-hydrogen) atoms. The van der Waals surface area contributed by atoms with E-state index in [4.69, 9.17) is 4.74 Å². The molecule has 1 aliphatic rings. The van der Waals surface area contributed by atoms with Crippen LogP contribution in [0.4, 0.5) is 0 Å². The minimum Gasteiger partial charge on any atom is -0.465 e. The van der Waals surface area contributed by atoms with Crippen LogP contribution in [0, 0.1) is 11.3 Å². The van der Waals surface area contributed by atoms with E-state index in [1.165, 1.54) is 0 Å². The minimum absolute atomic E-state index is 0.0737. The highest BCUT2D eigenvalue weighted by Gasteiger charge is 2.52. The number of fused-ring (bicyclic) bond motifs is 1. The van der Waals surface area contributed by atoms with Gasteiger partial charge in [0.05, 0.1) is 6.61 Å². The van der Waals surface area contributed by atoms with Gasteiger partial charge in [-0.15, -0.1) is 0 Å². The predicted octanol–water partition coefficient (Wildman–Crippen LogP) is 4.27. The molecule has 3 rings (SSSR count). The summed E-state index contributed by atoms with van der Waals surface area (Å²) in [5, 5.41) is 0. The van der Waals surface area contributed by atoms with E-state index in [2.05, 4.69) is 0 Å². The third kappa shape index (κ3) is 3.85. The molecule has 0 aliphatic heterocycles. The number of Topliss-reactive ketones (excluding diaryl/α,β-unsaturated/α-hetero) is 2. The summed E-state index contributed by atoms with van der Waals surface area (Å²) in [5.41, 5.74) is 0.691. The summed E-state index contributed by atoms with van der Waals surface area (Å²) in [6, 6.07) is 16.2. The Labute approximate surface area is 159 Å². The maximum absolute atomic E-state index is 13.1. The second kappa shape index (κ2) is 7.87. The van der Waals surface area contributed by atoms with Crippen LogP contribution >= 0.6 is 0 Å². The smallest absolute Gasteiger partial charge is 0.320 e. The maximum atomic E-state index is 13.1. The number of rotatable bonds is 7. The number of hydrogen-bond acceptors (Lipinski definition) is 4. The molecule has 0 saturated carbocycles. The normalized spacial score (nSPS) is 18.4. The highest BCUT2D eigenvalue weighted by molar-refractivity contribution is 6.16. The van der Waals surface area contributed by atoms with E-state index in [1.807, 2.05) is 32.0 Å². The Morgan fingerprint density at radius 1 is 1.04 bits per heavy atom. The van der Waals surface area contributed by atoms with Gasteiger partial charge in [0.2, 0.25) is 0 Å². The quantitative estimate of drug-likeness (QED) is 0.418. The Kier molecular flexibility index (Phi) is 5.54. The van der Waals surface area contributed by atoms with E-state index in [9.17, 15) is 14.4 Å². The van der Waals surface area contributed by atoms with Crippen molar-refractivity contribution in [3.05, 3.63) is 71.3 Å². The highest BCUT2D eigenvalue weighted by atomic mass is 16.5. The molecule has 0 heterocycles. The fourth-order valence-electron chi connectivity index (χ4n) is 3.50. The largest absolute Gasteiger partial charge is 0.465 e. The van der Waals surface area contributed by atoms with Crippen LogP contribution in [-0.2, 0) is 16.0 Å². The zero-order valence-corrected chi connectivity index (χ0v) is 15.7. The van der Waals surface area contributed by atoms with Crippen molar-refractivity contribution in [2.45, 2.75) is 33.1 Å². The molecule has 2 aromatic carbocycles. The molecule has 1 unspecified atom stereocenters. The molecule has 0 amide bonds. The van der Waals surface area contributed by atoms with Crippen LogP contribution in [0.1, 0.15) is 53.0 Å². The molecule has 1 aliphatic carbocycles. The lowest BCUT2D eigenvalue weighted by Crippen LogP contribution is -2.39. The van der Waals surface area contributed by atoms with Crippen LogP contribution in [0.2, 0.25) is 0 Å². The molecule has 2 aromatic rings. The van der Waals surface area contributed by atoms with Crippen molar-refractivity contribution in [1.29, 1.82) is 0 Å². The third-order valence-electron chi connectivity index (χ3n) is 5.00. The van der Waals surface area contributed by atoms with E-state index >= 15 is 0 Å². The molecular formula is C23H24O4. The monoisotopic (exact) mass is 364 g/mol. The first kappa shape index (κ1) is 19.0. The average Bonchev–Trinajstić information content (AvgIpc) is 2.98. The van der Waals surface area contributed by atoms with Gasteiger partial charge >= 0.3 is 5.97 Å². The lowest BCUT2D eigenvalue weighted by molar-refractivity contribution is -0.154. The van der Waals surface area contributed by atoms with Crippen molar-refractivity contribution in [3.8, 4) is 0 Å². The Balaban J connectivity index is 1.84. The van der Waals surface area contributed by atoms with Gasteiger partial charge < -0.3 is 4.74 Å². The summed E-state index contributed by atoms with van der Waals surface area (Å²) in [6.45, 7) is 4.16. The summed E-state index contributed by atoms with van der Waals surface area (Å²) in [5.74, 6) is -0.641. The van der Waals surface area contributed by atoms with E-state index < -0.39 is 11.4 Å². The Bertz CT molecular complexity index is 854. The molecular weight excluding hydrogens is 340 g/mol. The van der Waals surface area contributed by atoms with Crippen molar-refractivity contribution >= 4 is 17.5 Å². The molecule has 0 bridgehead atoms. The average molecular weight is 364 g/mol. The number of benzene rings is 2. The van der Waals surface area contributed by atoms with Crippen LogP contribution in [0.5, 0.6) is 0 Å². The van der Waals surface area contributed by atoms with Gasteiger partial charge in [0.15, 0.2) is 11.6 Å². The number of carbonyl (C=O) groups excluding carboxylic acids is 3. The van der Waals surface area contributed by atoms with Gasteiger partial charge in [0.1, 0.15) is 5.41 Å². The molecule has 0 spiro atoms. The Hall–Kier alpha value is -2.75. The molecule has 0 saturated heterocycles. The Morgan fingerprint density at radius 2 is 1.70 bits per heavy atom. The van der Waals surface area contributed by atoms with E-state index in [0.29, 0.717) is 17.5 Å². The van der Waals surface area contributed by atoms with Crippen molar-refractivity contribution in [1.82, 2.24) is 0 Å². The van der Waals surface area contributed by atoms with Gasteiger partial charge in [-0.2, -0.15) is 0 Å². The molecule has 140 valence electrons. The van der Waals surface area contributed by atoms with Gasteiger partial charge in [-0.3, -0.25) is 14.4 Å². The standard InChI is InChI=1S/C23H24O4/c1-16(2)15-27-22(26)23(13-12-20(24)17-8-4-3-5-9-17)14-18-10-6-7-11-19(18)21(23)25/h3-11,16H,12-15H2,1-2H3. The first-order chi connectivity index (χ1) is 12.9. The van der Waals surface area contributed by atoms with Gasteiger partial charge in [0, 0.05) is 17.5 Å². The third-order valence-corrected chi connectivity index (χ3v) is 5.00. The number of ether oxygens (including phenoxy) is 1.